The quantitative estimate of drug-likeness (QED) is 0.174. The summed E-state index contributed by atoms with van der Waals surface area (Å²) in [6, 6.07) is 16.9. The second kappa shape index (κ2) is 14.7. The van der Waals surface area contributed by atoms with E-state index in [9.17, 15) is 5.11 Å². The van der Waals surface area contributed by atoms with Crippen LogP contribution in [-0.4, -0.2) is 42.8 Å². The number of piperidine rings is 1. The van der Waals surface area contributed by atoms with Crippen LogP contribution in [0.3, 0.4) is 0 Å². The van der Waals surface area contributed by atoms with Crippen LogP contribution in [0, 0.1) is 0 Å². The average molecular weight is 530 g/mol. The number of ether oxygens (including phenoxy) is 1. The second-order valence-corrected chi connectivity index (χ2v) is 10.7. The van der Waals surface area contributed by atoms with Crippen LogP contribution in [0.1, 0.15) is 65.9 Å². The lowest BCUT2D eigenvalue weighted by atomic mass is 10.0. The topological polar surface area (TPSA) is 48.3 Å². The van der Waals surface area contributed by atoms with Gasteiger partial charge in [-0.2, -0.15) is 0 Å². The molecule has 2 aromatic rings. The fourth-order valence-electron chi connectivity index (χ4n) is 4.85. The van der Waals surface area contributed by atoms with Gasteiger partial charge in [0.15, 0.2) is 0 Å². The summed E-state index contributed by atoms with van der Waals surface area (Å²) in [6.45, 7) is 21.5. The molecule has 0 radical (unpaired) electrons. The Bertz CT molecular complexity index is 1160. The van der Waals surface area contributed by atoms with Crippen molar-refractivity contribution < 1.29 is 9.84 Å². The second-order valence-electron chi connectivity index (χ2n) is 10.7. The smallest absolute Gasteiger partial charge is 0.136 e. The maximum absolute atomic E-state index is 9.92. The van der Waals surface area contributed by atoms with Crippen molar-refractivity contribution in [1.29, 1.82) is 0 Å². The summed E-state index contributed by atoms with van der Waals surface area (Å²) in [4.78, 5) is 9.78. The van der Waals surface area contributed by atoms with Crippen molar-refractivity contribution in [1.82, 2.24) is 0 Å². The zero-order valence-corrected chi connectivity index (χ0v) is 24.6. The molecule has 0 spiro atoms. The lowest BCUT2D eigenvalue weighted by Crippen LogP contribution is -2.35. The minimum Gasteiger partial charge on any atom is -0.491 e. The predicted molar refractivity (Wildman–Crippen MR) is 167 cm³/mol. The largest absolute Gasteiger partial charge is 0.491 e. The van der Waals surface area contributed by atoms with E-state index in [1.54, 1.807) is 0 Å². The third kappa shape index (κ3) is 8.86. The van der Waals surface area contributed by atoms with Crippen LogP contribution >= 0.6 is 0 Å². The summed E-state index contributed by atoms with van der Waals surface area (Å²) in [6.07, 6.45) is 5.95. The molecule has 0 aliphatic carbocycles. The molecule has 0 amide bonds. The number of nitrogens with zero attached hydrogens (tertiary/aromatic N) is 3. The van der Waals surface area contributed by atoms with E-state index < -0.39 is 0 Å². The predicted octanol–water partition coefficient (Wildman–Crippen LogP) is 7.72. The van der Waals surface area contributed by atoms with Crippen molar-refractivity contribution in [3.8, 4) is 5.75 Å². The summed E-state index contributed by atoms with van der Waals surface area (Å²) in [7, 11) is 0. The monoisotopic (exact) mass is 529 g/mol. The SMILES string of the molecule is C=C(C)CCN(C(=N/C(=C)Cc1ccc(N2CCC(O)CC2)cc1OC(C)C)/C(=C\C)CC)c1ccccc1. The first-order valence-electron chi connectivity index (χ1n) is 14.3. The highest BCUT2D eigenvalue weighted by Crippen LogP contribution is 2.31. The first-order valence-corrected chi connectivity index (χ1v) is 14.3. The van der Waals surface area contributed by atoms with Crippen molar-refractivity contribution in [2.24, 2.45) is 4.99 Å². The molecule has 1 aliphatic rings. The van der Waals surface area contributed by atoms with Crippen LogP contribution in [-0.2, 0) is 6.42 Å². The van der Waals surface area contributed by atoms with Gasteiger partial charge >= 0.3 is 0 Å². The van der Waals surface area contributed by atoms with Crippen molar-refractivity contribution in [3.63, 3.8) is 0 Å². The molecule has 2 aromatic carbocycles. The van der Waals surface area contributed by atoms with Crippen LogP contribution in [0.5, 0.6) is 5.75 Å². The van der Waals surface area contributed by atoms with E-state index in [2.05, 4.69) is 106 Å². The molecule has 0 bridgehead atoms. The number of aliphatic imine (C=N–C) groups is 1. The fourth-order valence-corrected chi connectivity index (χ4v) is 4.85. The minimum absolute atomic E-state index is 0.0555. The third-order valence-corrected chi connectivity index (χ3v) is 7.00. The number of anilines is 2. The molecule has 1 aliphatic heterocycles. The first kappa shape index (κ1) is 30.2. The molecule has 3 rings (SSSR count). The van der Waals surface area contributed by atoms with E-state index in [-0.39, 0.29) is 12.2 Å². The molecule has 5 heteroatoms. The number of para-hydroxylation sites is 1. The summed E-state index contributed by atoms with van der Waals surface area (Å²) >= 11 is 0. The Kier molecular flexibility index (Phi) is 11.4. The van der Waals surface area contributed by atoms with Gasteiger partial charge in [-0.15, -0.1) is 6.58 Å². The Morgan fingerprint density at radius 3 is 2.44 bits per heavy atom. The number of hydrogen-bond acceptors (Lipinski definition) is 4. The van der Waals surface area contributed by atoms with E-state index in [0.717, 1.165) is 85.1 Å². The van der Waals surface area contributed by atoms with E-state index in [4.69, 9.17) is 9.73 Å². The standard InChI is InChI=1S/C34H47N3O2/c1-8-28(9-2)34(37(22-17-25(3)4)30-13-11-10-12-14-30)35-27(7)23-29-15-16-31(24-33(29)39-26(5)6)36-20-18-32(38)19-21-36/h8,10-16,24,26,32,38H,3,7,9,17-23H2,1-2,4-6H3/b28-8-,35-34+. The van der Waals surface area contributed by atoms with Gasteiger partial charge in [0, 0.05) is 54.8 Å². The Labute approximate surface area is 236 Å². The summed E-state index contributed by atoms with van der Waals surface area (Å²) in [5.74, 6) is 1.81. The normalized spacial score (nSPS) is 15.0. The number of hydrogen-bond donors (Lipinski definition) is 1. The number of allylic oxidation sites excluding steroid dienone is 2. The number of amidine groups is 1. The molecule has 0 atom stereocenters. The van der Waals surface area contributed by atoms with E-state index >= 15 is 0 Å². The van der Waals surface area contributed by atoms with Crippen LogP contribution < -0.4 is 14.5 Å². The molecule has 1 N–H and O–H groups in total. The molecule has 1 fully saturated rings. The maximum Gasteiger partial charge on any atom is 0.136 e. The van der Waals surface area contributed by atoms with Crippen LogP contribution in [0.15, 0.2) is 89.6 Å². The summed E-state index contributed by atoms with van der Waals surface area (Å²) in [5, 5.41) is 9.92. The van der Waals surface area contributed by atoms with Gasteiger partial charge in [0.05, 0.1) is 12.2 Å². The molecule has 1 saturated heterocycles. The molecule has 0 unspecified atom stereocenters. The summed E-state index contributed by atoms with van der Waals surface area (Å²) in [5.41, 5.74) is 6.43. The molecule has 0 aromatic heterocycles. The third-order valence-electron chi connectivity index (χ3n) is 7.00. The van der Waals surface area contributed by atoms with E-state index in [1.165, 1.54) is 5.57 Å². The highest BCUT2D eigenvalue weighted by Gasteiger charge is 2.20. The molecule has 5 nitrogen and oxygen atoms in total. The zero-order chi connectivity index (χ0) is 28.4. The zero-order valence-electron chi connectivity index (χ0n) is 24.6. The van der Waals surface area contributed by atoms with Gasteiger partial charge in [-0.25, -0.2) is 4.99 Å². The van der Waals surface area contributed by atoms with Gasteiger partial charge in [-0.1, -0.05) is 49.4 Å². The van der Waals surface area contributed by atoms with E-state index in [0.29, 0.717) is 6.42 Å². The lowest BCUT2D eigenvalue weighted by molar-refractivity contribution is 0.145. The molecule has 210 valence electrons. The van der Waals surface area contributed by atoms with Crippen LogP contribution in [0.25, 0.3) is 0 Å². The Hall–Kier alpha value is -3.31. The number of benzene rings is 2. The molecule has 39 heavy (non-hydrogen) atoms. The van der Waals surface area contributed by atoms with Gasteiger partial charge in [-0.05, 0) is 77.2 Å². The van der Waals surface area contributed by atoms with Crippen LogP contribution in [0.2, 0.25) is 0 Å². The lowest BCUT2D eigenvalue weighted by Gasteiger charge is -2.32. The molecular weight excluding hydrogens is 482 g/mol. The fraction of sp³-hybridized carbons (Fsp3) is 0.441. The average Bonchev–Trinajstić information content (AvgIpc) is 2.91. The highest BCUT2D eigenvalue weighted by atomic mass is 16.5. The summed E-state index contributed by atoms with van der Waals surface area (Å²) < 4.78 is 6.28. The minimum atomic E-state index is -0.196. The van der Waals surface area contributed by atoms with Gasteiger partial charge < -0.3 is 19.6 Å². The maximum atomic E-state index is 9.92. The van der Waals surface area contributed by atoms with Crippen molar-refractivity contribution in [2.45, 2.75) is 78.9 Å². The highest BCUT2D eigenvalue weighted by molar-refractivity contribution is 6.10. The van der Waals surface area contributed by atoms with Gasteiger partial charge in [0.25, 0.3) is 0 Å². The van der Waals surface area contributed by atoms with Crippen molar-refractivity contribution in [3.05, 3.63) is 90.2 Å². The van der Waals surface area contributed by atoms with Crippen molar-refractivity contribution >= 4 is 17.2 Å². The van der Waals surface area contributed by atoms with E-state index in [1.807, 2.05) is 6.07 Å². The Morgan fingerprint density at radius 1 is 1.15 bits per heavy atom. The molecule has 0 saturated carbocycles. The Morgan fingerprint density at radius 2 is 1.85 bits per heavy atom. The van der Waals surface area contributed by atoms with Crippen LogP contribution in [0.4, 0.5) is 11.4 Å². The van der Waals surface area contributed by atoms with Gasteiger partial charge in [0.2, 0.25) is 0 Å². The van der Waals surface area contributed by atoms with Gasteiger partial charge in [0.1, 0.15) is 11.6 Å². The number of aliphatic hydroxyl groups is 1. The molecule has 1 heterocycles. The number of rotatable bonds is 12. The Balaban J connectivity index is 1.94. The van der Waals surface area contributed by atoms with Gasteiger partial charge in [-0.3, -0.25) is 0 Å². The molecular formula is C34H47N3O2. The number of aliphatic hydroxyl groups excluding tert-OH is 1. The van der Waals surface area contributed by atoms with Crippen molar-refractivity contribution in [2.75, 3.05) is 29.4 Å². The first-order chi connectivity index (χ1) is 18.7.